The minimum Gasteiger partial charge on any atom is -0.493 e. The molecule has 0 aromatic heterocycles. The number of methoxy groups -OCH3 is 4. The summed E-state index contributed by atoms with van der Waals surface area (Å²) in [5.41, 5.74) is 3.15. The molecule has 2 aromatic rings. The Morgan fingerprint density at radius 1 is 0.963 bits per heavy atom. The van der Waals surface area contributed by atoms with Gasteiger partial charge in [-0.2, -0.15) is 0 Å². The van der Waals surface area contributed by atoms with Crippen molar-refractivity contribution in [3.05, 3.63) is 53.6 Å². The van der Waals surface area contributed by atoms with Crippen LogP contribution in [0.5, 0.6) is 28.7 Å². The molecule has 1 aliphatic rings. The van der Waals surface area contributed by atoms with Gasteiger partial charge in [-0.05, 0) is 30.2 Å². The molecule has 0 fully saturated rings. The number of hydrogen-bond donors (Lipinski definition) is 0. The molecule has 5 heteroatoms. The zero-order valence-corrected chi connectivity index (χ0v) is 16.5. The zero-order valence-electron chi connectivity index (χ0n) is 16.5. The highest BCUT2D eigenvalue weighted by molar-refractivity contribution is 5.63. The molecular weight excluding hydrogens is 344 g/mol. The van der Waals surface area contributed by atoms with E-state index in [1.165, 1.54) is 0 Å². The van der Waals surface area contributed by atoms with Gasteiger partial charge in [0.1, 0.15) is 6.10 Å². The lowest BCUT2D eigenvalue weighted by Gasteiger charge is -2.18. The van der Waals surface area contributed by atoms with E-state index < -0.39 is 0 Å². The Labute approximate surface area is 160 Å². The van der Waals surface area contributed by atoms with Crippen molar-refractivity contribution >= 4 is 0 Å². The first-order valence-electron chi connectivity index (χ1n) is 8.86. The van der Waals surface area contributed by atoms with Gasteiger partial charge in [0.25, 0.3) is 0 Å². The highest BCUT2D eigenvalue weighted by atomic mass is 16.5. The normalized spacial score (nSPS) is 17.7. The van der Waals surface area contributed by atoms with Crippen LogP contribution in [0.1, 0.15) is 35.6 Å². The molecule has 2 aromatic carbocycles. The first-order valence-corrected chi connectivity index (χ1v) is 8.86. The van der Waals surface area contributed by atoms with Crippen molar-refractivity contribution in [1.82, 2.24) is 0 Å². The van der Waals surface area contributed by atoms with Crippen molar-refractivity contribution in [2.45, 2.75) is 25.4 Å². The van der Waals surface area contributed by atoms with Crippen LogP contribution in [0, 0.1) is 0 Å². The van der Waals surface area contributed by atoms with E-state index in [4.69, 9.17) is 23.7 Å². The molecule has 0 spiro atoms. The maximum absolute atomic E-state index is 6.35. The van der Waals surface area contributed by atoms with E-state index >= 15 is 0 Å². The van der Waals surface area contributed by atoms with Crippen molar-refractivity contribution < 1.29 is 23.7 Å². The molecule has 1 aliphatic heterocycles. The number of allylic oxidation sites excluding steroid dienone is 1. The van der Waals surface area contributed by atoms with E-state index in [9.17, 15) is 0 Å². The molecule has 144 valence electrons. The van der Waals surface area contributed by atoms with Crippen molar-refractivity contribution in [2.75, 3.05) is 28.4 Å². The Hall–Kier alpha value is -2.82. The van der Waals surface area contributed by atoms with Gasteiger partial charge >= 0.3 is 0 Å². The van der Waals surface area contributed by atoms with Crippen molar-refractivity contribution in [3.8, 4) is 28.7 Å². The van der Waals surface area contributed by atoms with Crippen LogP contribution in [-0.4, -0.2) is 28.4 Å². The van der Waals surface area contributed by atoms with E-state index in [0.29, 0.717) is 29.4 Å². The molecule has 0 amide bonds. The summed E-state index contributed by atoms with van der Waals surface area (Å²) in [5.74, 6) is 3.56. The lowest BCUT2D eigenvalue weighted by Crippen LogP contribution is -2.07. The second kappa shape index (κ2) is 7.82. The van der Waals surface area contributed by atoms with Crippen LogP contribution < -0.4 is 23.7 Å². The van der Waals surface area contributed by atoms with Crippen LogP contribution in [0.2, 0.25) is 0 Å². The fraction of sp³-hybridized carbons (Fsp3) is 0.364. The van der Waals surface area contributed by atoms with Crippen molar-refractivity contribution in [3.63, 3.8) is 0 Å². The summed E-state index contributed by atoms with van der Waals surface area (Å²) in [5, 5.41) is 0. The third-order valence-electron chi connectivity index (χ3n) is 4.99. The average Bonchev–Trinajstić information content (AvgIpc) is 3.02. The highest BCUT2D eigenvalue weighted by Crippen LogP contribution is 2.54. The molecule has 0 bridgehead atoms. The fourth-order valence-electron chi connectivity index (χ4n) is 3.65. The maximum atomic E-state index is 6.35. The van der Waals surface area contributed by atoms with Crippen LogP contribution >= 0.6 is 0 Å². The third-order valence-corrected chi connectivity index (χ3v) is 4.99. The Morgan fingerprint density at radius 2 is 1.67 bits per heavy atom. The topological polar surface area (TPSA) is 46.2 Å². The van der Waals surface area contributed by atoms with Gasteiger partial charge < -0.3 is 23.7 Å². The van der Waals surface area contributed by atoms with Crippen LogP contribution in [0.3, 0.4) is 0 Å². The van der Waals surface area contributed by atoms with Gasteiger partial charge in [0.15, 0.2) is 23.0 Å². The molecule has 3 rings (SSSR count). The Morgan fingerprint density at radius 3 is 2.26 bits per heavy atom. The summed E-state index contributed by atoms with van der Waals surface area (Å²) in [6.45, 7) is 5.99. The smallest absolute Gasteiger partial charge is 0.203 e. The molecule has 0 aliphatic carbocycles. The van der Waals surface area contributed by atoms with Crippen LogP contribution in [0.4, 0.5) is 0 Å². The van der Waals surface area contributed by atoms with E-state index in [1.807, 2.05) is 24.3 Å². The quantitative estimate of drug-likeness (QED) is 0.662. The summed E-state index contributed by atoms with van der Waals surface area (Å²) < 4.78 is 28.4. The minimum absolute atomic E-state index is 0.140. The van der Waals surface area contributed by atoms with Crippen molar-refractivity contribution in [1.29, 1.82) is 0 Å². The lowest BCUT2D eigenvalue weighted by atomic mass is 9.91. The molecule has 0 unspecified atom stereocenters. The molecular formula is C22H26O5. The van der Waals surface area contributed by atoms with E-state index in [1.54, 1.807) is 28.4 Å². The summed E-state index contributed by atoms with van der Waals surface area (Å²) >= 11 is 0. The average molecular weight is 370 g/mol. The second-order valence-corrected chi connectivity index (χ2v) is 6.45. The van der Waals surface area contributed by atoms with Crippen LogP contribution in [0.15, 0.2) is 36.9 Å². The number of ether oxygens (including phenoxy) is 5. The largest absolute Gasteiger partial charge is 0.493 e. The molecule has 0 radical (unpaired) electrons. The molecule has 0 saturated heterocycles. The first-order chi connectivity index (χ1) is 13.1. The van der Waals surface area contributed by atoms with Gasteiger partial charge in [-0.25, -0.2) is 0 Å². The number of fused-ring (bicyclic) bond motifs is 1. The van der Waals surface area contributed by atoms with E-state index in [-0.39, 0.29) is 12.0 Å². The fourth-order valence-corrected chi connectivity index (χ4v) is 3.65. The number of rotatable bonds is 7. The zero-order chi connectivity index (χ0) is 19.6. The molecule has 0 N–H and O–H groups in total. The van der Waals surface area contributed by atoms with Gasteiger partial charge in [-0.3, -0.25) is 0 Å². The summed E-state index contributed by atoms with van der Waals surface area (Å²) in [6.07, 6.45) is 2.40. The molecule has 5 nitrogen and oxygen atoms in total. The second-order valence-electron chi connectivity index (χ2n) is 6.45. The van der Waals surface area contributed by atoms with E-state index in [0.717, 1.165) is 22.4 Å². The summed E-state index contributed by atoms with van der Waals surface area (Å²) in [7, 11) is 6.53. The number of benzene rings is 2. The third kappa shape index (κ3) is 3.18. The predicted octanol–water partition coefficient (Wildman–Crippen LogP) is 4.69. The Bertz CT molecular complexity index is 843. The van der Waals surface area contributed by atoms with Gasteiger partial charge in [0.05, 0.1) is 28.4 Å². The van der Waals surface area contributed by atoms with Gasteiger partial charge in [-0.1, -0.05) is 19.1 Å². The summed E-state index contributed by atoms with van der Waals surface area (Å²) in [4.78, 5) is 0. The highest BCUT2D eigenvalue weighted by Gasteiger charge is 2.37. The minimum atomic E-state index is -0.155. The van der Waals surface area contributed by atoms with Crippen molar-refractivity contribution in [2.24, 2.45) is 0 Å². The predicted molar refractivity (Wildman–Crippen MR) is 105 cm³/mol. The number of hydrogen-bond acceptors (Lipinski definition) is 5. The Balaban J connectivity index is 2.07. The van der Waals surface area contributed by atoms with Gasteiger partial charge in [0.2, 0.25) is 5.75 Å². The molecule has 2 atom stereocenters. The standard InChI is InChI=1S/C22H26O5/c1-7-8-14-11-16-13(2)19(27-21(16)22(26-6)20(14)25-5)15-9-10-17(23-3)18(12-15)24-4/h7,9-13,19H,1,8H2,2-6H3/t13-,19-/m0/s1. The lowest BCUT2D eigenvalue weighted by molar-refractivity contribution is 0.205. The van der Waals surface area contributed by atoms with Crippen LogP contribution in [0.25, 0.3) is 0 Å². The Kier molecular flexibility index (Phi) is 5.49. The molecule has 27 heavy (non-hydrogen) atoms. The monoisotopic (exact) mass is 370 g/mol. The van der Waals surface area contributed by atoms with Crippen LogP contribution in [-0.2, 0) is 6.42 Å². The van der Waals surface area contributed by atoms with E-state index in [2.05, 4.69) is 19.6 Å². The van der Waals surface area contributed by atoms with Gasteiger partial charge in [0, 0.05) is 17.0 Å². The molecule has 1 heterocycles. The van der Waals surface area contributed by atoms with Gasteiger partial charge in [-0.15, -0.1) is 6.58 Å². The SMILES string of the molecule is C=CCc1cc2c(c(OC)c1OC)O[C@H](c1ccc(OC)c(OC)c1)[C@H]2C. The molecule has 0 saturated carbocycles. The first kappa shape index (κ1) is 19.0. The maximum Gasteiger partial charge on any atom is 0.203 e. The summed E-state index contributed by atoms with van der Waals surface area (Å²) in [6, 6.07) is 7.99.